The lowest BCUT2D eigenvalue weighted by Gasteiger charge is -2.14. The van der Waals surface area contributed by atoms with Gasteiger partial charge in [0.25, 0.3) is 0 Å². The Bertz CT molecular complexity index is 582. The Kier molecular flexibility index (Phi) is 4.14. The Labute approximate surface area is 116 Å². The number of rotatable bonds is 4. The molecule has 0 aliphatic rings. The number of benzene rings is 2. The second-order valence-corrected chi connectivity index (χ2v) is 5.75. The molecule has 0 radical (unpaired) electrons. The van der Waals surface area contributed by atoms with Gasteiger partial charge in [-0.15, -0.1) is 0 Å². The van der Waals surface area contributed by atoms with Crippen LogP contribution in [0.2, 0.25) is 0 Å². The second-order valence-electron chi connectivity index (χ2n) is 5.75. The first-order valence-electron chi connectivity index (χ1n) is 7.29. The summed E-state index contributed by atoms with van der Waals surface area (Å²) in [5.41, 5.74) is 3.76. The molecule has 1 N–H and O–H groups in total. The van der Waals surface area contributed by atoms with Crippen molar-refractivity contribution in [1.29, 1.82) is 0 Å². The van der Waals surface area contributed by atoms with Crippen LogP contribution in [0.3, 0.4) is 0 Å². The van der Waals surface area contributed by atoms with Crippen LogP contribution in [0.5, 0.6) is 5.75 Å². The Hall–Kier alpha value is -1.50. The van der Waals surface area contributed by atoms with E-state index in [1.807, 2.05) is 6.07 Å². The van der Waals surface area contributed by atoms with Crippen molar-refractivity contribution in [1.82, 2.24) is 0 Å². The first kappa shape index (κ1) is 13.9. The van der Waals surface area contributed by atoms with E-state index in [4.69, 9.17) is 0 Å². The SMILES string of the molecule is CCCCc1c(C)ccc2cc(C(C)C)c(O)cc12. The summed E-state index contributed by atoms with van der Waals surface area (Å²) in [6.07, 6.45) is 3.50. The van der Waals surface area contributed by atoms with Gasteiger partial charge in [-0.2, -0.15) is 0 Å². The van der Waals surface area contributed by atoms with Crippen LogP contribution in [-0.2, 0) is 6.42 Å². The summed E-state index contributed by atoms with van der Waals surface area (Å²) in [7, 11) is 0. The third kappa shape index (κ3) is 2.75. The molecular weight excluding hydrogens is 232 g/mol. The normalized spacial score (nSPS) is 11.4. The van der Waals surface area contributed by atoms with Crippen molar-refractivity contribution in [3.63, 3.8) is 0 Å². The highest BCUT2D eigenvalue weighted by molar-refractivity contribution is 5.89. The topological polar surface area (TPSA) is 20.2 Å². The predicted molar refractivity (Wildman–Crippen MR) is 83.1 cm³/mol. The van der Waals surface area contributed by atoms with E-state index in [1.165, 1.54) is 34.7 Å². The summed E-state index contributed by atoms with van der Waals surface area (Å²) >= 11 is 0. The van der Waals surface area contributed by atoms with Crippen LogP contribution >= 0.6 is 0 Å². The first-order valence-corrected chi connectivity index (χ1v) is 7.29. The molecule has 102 valence electrons. The van der Waals surface area contributed by atoms with Crippen molar-refractivity contribution in [2.45, 2.75) is 52.9 Å². The number of unbranched alkanes of at least 4 members (excludes halogenated alkanes) is 1. The van der Waals surface area contributed by atoms with Gasteiger partial charge >= 0.3 is 0 Å². The third-order valence-electron chi connectivity index (χ3n) is 3.92. The molecule has 0 aliphatic heterocycles. The van der Waals surface area contributed by atoms with Gasteiger partial charge in [0.05, 0.1) is 0 Å². The molecule has 19 heavy (non-hydrogen) atoms. The van der Waals surface area contributed by atoms with E-state index in [0.717, 1.165) is 12.0 Å². The minimum atomic E-state index is 0.352. The smallest absolute Gasteiger partial charge is 0.119 e. The summed E-state index contributed by atoms with van der Waals surface area (Å²) in [5, 5.41) is 12.7. The second kappa shape index (κ2) is 5.64. The standard InChI is InChI=1S/C18H24O/c1-5-6-7-15-13(4)8-9-14-10-16(12(2)3)18(19)11-17(14)15/h8-12,19H,5-7H2,1-4H3. The first-order chi connectivity index (χ1) is 9.04. The number of hydrogen-bond donors (Lipinski definition) is 1. The fourth-order valence-electron chi connectivity index (χ4n) is 2.70. The maximum absolute atomic E-state index is 10.2. The molecular formula is C18H24O. The number of phenolic OH excluding ortho intramolecular Hbond substituents is 1. The molecule has 1 nitrogen and oxygen atoms in total. The van der Waals surface area contributed by atoms with E-state index in [-0.39, 0.29) is 0 Å². The average molecular weight is 256 g/mol. The highest BCUT2D eigenvalue weighted by Crippen LogP contribution is 2.33. The number of fused-ring (bicyclic) bond motifs is 1. The zero-order valence-corrected chi connectivity index (χ0v) is 12.5. The molecule has 2 aromatic rings. The van der Waals surface area contributed by atoms with Crippen LogP contribution in [-0.4, -0.2) is 5.11 Å². The molecule has 2 aromatic carbocycles. The fourth-order valence-corrected chi connectivity index (χ4v) is 2.70. The van der Waals surface area contributed by atoms with Crippen LogP contribution in [0.1, 0.15) is 56.2 Å². The molecule has 0 heterocycles. The molecule has 0 bridgehead atoms. The third-order valence-corrected chi connectivity index (χ3v) is 3.92. The molecule has 0 saturated carbocycles. The molecule has 0 saturated heterocycles. The van der Waals surface area contributed by atoms with Gasteiger partial charge in [-0.3, -0.25) is 0 Å². The van der Waals surface area contributed by atoms with Gasteiger partial charge in [0.15, 0.2) is 0 Å². The Morgan fingerprint density at radius 2 is 1.89 bits per heavy atom. The van der Waals surface area contributed by atoms with Gasteiger partial charge in [-0.1, -0.05) is 39.3 Å². The van der Waals surface area contributed by atoms with Crippen molar-refractivity contribution in [3.8, 4) is 5.75 Å². The molecule has 0 atom stereocenters. The van der Waals surface area contributed by atoms with Gasteiger partial charge in [0, 0.05) is 0 Å². The Balaban J connectivity index is 2.62. The molecule has 0 aromatic heterocycles. The van der Waals surface area contributed by atoms with Crippen molar-refractivity contribution in [2.24, 2.45) is 0 Å². The fraction of sp³-hybridized carbons (Fsp3) is 0.444. The average Bonchev–Trinajstić information content (AvgIpc) is 2.37. The summed E-state index contributed by atoms with van der Waals surface area (Å²) in [6.45, 7) is 8.62. The summed E-state index contributed by atoms with van der Waals surface area (Å²) < 4.78 is 0. The lowest BCUT2D eigenvalue weighted by atomic mass is 9.92. The molecule has 2 rings (SSSR count). The van der Waals surface area contributed by atoms with Crippen LogP contribution in [0.4, 0.5) is 0 Å². The van der Waals surface area contributed by atoms with E-state index in [9.17, 15) is 5.11 Å². The minimum absolute atomic E-state index is 0.352. The van der Waals surface area contributed by atoms with Gasteiger partial charge < -0.3 is 5.11 Å². The quantitative estimate of drug-likeness (QED) is 0.785. The molecule has 0 aliphatic carbocycles. The number of hydrogen-bond acceptors (Lipinski definition) is 1. The Morgan fingerprint density at radius 3 is 2.53 bits per heavy atom. The van der Waals surface area contributed by atoms with Gasteiger partial charge in [0.2, 0.25) is 0 Å². The van der Waals surface area contributed by atoms with Crippen LogP contribution < -0.4 is 0 Å². The van der Waals surface area contributed by atoms with Crippen LogP contribution in [0.15, 0.2) is 24.3 Å². The number of aryl methyl sites for hydroxylation is 2. The summed E-state index contributed by atoms with van der Waals surface area (Å²) in [5.74, 6) is 0.788. The van der Waals surface area contributed by atoms with Crippen molar-refractivity contribution in [3.05, 3.63) is 41.0 Å². The highest BCUT2D eigenvalue weighted by Gasteiger charge is 2.11. The molecule has 0 spiro atoms. The molecule has 0 fully saturated rings. The van der Waals surface area contributed by atoms with Crippen molar-refractivity contribution >= 4 is 10.8 Å². The van der Waals surface area contributed by atoms with E-state index in [1.54, 1.807) is 0 Å². The van der Waals surface area contributed by atoms with Crippen molar-refractivity contribution < 1.29 is 5.11 Å². The monoisotopic (exact) mass is 256 g/mol. The van der Waals surface area contributed by atoms with Gasteiger partial charge in [-0.05, 0) is 65.3 Å². The van der Waals surface area contributed by atoms with Gasteiger partial charge in [0.1, 0.15) is 5.75 Å². The van der Waals surface area contributed by atoms with Gasteiger partial charge in [-0.25, -0.2) is 0 Å². The molecule has 0 unspecified atom stereocenters. The zero-order chi connectivity index (χ0) is 14.0. The lowest BCUT2D eigenvalue weighted by molar-refractivity contribution is 0.466. The van der Waals surface area contributed by atoms with Crippen LogP contribution in [0.25, 0.3) is 10.8 Å². The lowest BCUT2D eigenvalue weighted by Crippen LogP contribution is -1.94. The number of phenols is 1. The molecule has 0 amide bonds. The maximum Gasteiger partial charge on any atom is 0.119 e. The largest absolute Gasteiger partial charge is 0.508 e. The van der Waals surface area contributed by atoms with E-state index >= 15 is 0 Å². The maximum atomic E-state index is 10.2. The van der Waals surface area contributed by atoms with E-state index in [0.29, 0.717) is 11.7 Å². The van der Waals surface area contributed by atoms with E-state index in [2.05, 4.69) is 45.9 Å². The minimum Gasteiger partial charge on any atom is -0.508 e. The van der Waals surface area contributed by atoms with E-state index < -0.39 is 0 Å². The van der Waals surface area contributed by atoms with Crippen molar-refractivity contribution in [2.75, 3.05) is 0 Å². The summed E-state index contributed by atoms with van der Waals surface area (Å²) in [4.78, 5) is 0. The number of aromatic hydroxyl groups is 1. The van der Waals surface area contributed by atoms with Crippen LogP contribution in [0, 0.1) is 6.92 Å². The highest BCUT2D eigenvalue weighted by atomic mass is 16.3. The predicted octanol–water partition coefficient (Wildman–Crippen LogP) is 5.32. The zero-order valence-electron chi connectivity index (χ0n) is 12.5. The Morgan fingerprint density at radius 1 is 1.16 bits per heavy atom. The summed E-state index contributed by atoms with van der Waals surface area (Å²) in [6, 6.07) is 8.48. The molecule has 1 heteroatoms.